The van der Waals surface area contributed by atoms with Crippen LogP contribution in [-0.2, 0) is 6.54 Å². The van der Waals surface area contributed by atoms with Gasteiger partial charge in [0.05, 0.1) is 18.0 Å². The van der Waals surface area contributed by atoms with Gasteiger partial charge in [0.1, 0.15) is 5.82 Å². The smallest absolute Gasteiger partial charge is 0.255 e. The van der Waals surface area contributed by atoms with E-state index in [2.05, 4.69) is 10.1 Å². The van der Waals surface area contributed by atoms with Crippen molar-refractivity contribution >= 4 is 5.91 Å². The highest BCUT2D eigenvalue weighted by molar-refractivity contribution is 5.94. The van der Waals surface area contributed by atoms with Gasteiger partial charge in [-0.05, 0) is 18.6 Å². The van der Waals surface area contributed by atoms with Crippen molar-refractivity contribution in [3.8, 4) is 0 Å². The maximum absolute atomic E-state index is 13.0. The number of nitrogens with zero attached hydrogens (tertiary/aromatic N) is 4. The number of rotatable bonds is 3. The van der Waals surface area contributed by atoms with E-state index in [9.17, 15) is 9.18 Å². The molecule has 0 radical (unpaired) electrons. The summed E-state index contributed by atoms with van der Waals surface area (Å²) in [6.07, 6.45) is 6.30. The second-order valence-corrected chi connectivity index (χ2v) is 5.21. The number of aryl methyl sites for hydroxylation is 1. The van der Waals surface area contributed by atoms with Crippen molar-refractivity contribution in [3.05, 3.63) is 47.8 Å². The molecule has 0 unspecified atom stereocenters. The molecular formula is C14H15FN4O. The average molecular weight is 274 g/mol. The third kappa shape index (κ3) is 2.54. The molecule has 0 saturated carbocycles. The number of pyridine rings is 1. The van der Waals surface area contributed by atoms with Gasteiger partial charge in [-0.2, -0.15) is 5.10 Å². The molecule has 2 aromatic heterocycles. The van der Waals surface area contributed by atoms with Crippen molar-refractivity contribution in [1.29, 1.82) is 0 Å². The van der Waals surface area contributed by atoms with Crippen molar-refractivity contribution in [2.75, 3.05) is 13.1 Å². The van der Waals surface area contributed by atoms with Crippen molar-refractivity contribution in [2.45, 2.75) is 13.5 Å². The summed E-state index contributed by atoms with van der Waals surface area (Å²) < 4.78 is 14.9. The Morgan fingerprint density at radius 1 is 1.40 bits per heavy atom. The monoisotopic (exact) mass is 274 g/mol. The second-order valence-electron chi connectivity index (χ2n) is 5.21. The Bertz CT molecular complexity index is 634. The molecule has 1 amide bonds. The maximum atomic E-state index is 13.0. The van der Waals surface area contributed by atoms with Crippen molar-refractivity contribution in [1.82, 2.24) is 19.7 Å². The molecule has 2 aromatic rings. The van der Waals surface area contributed by atoms with Gasteiger partial charge in [-0.1, -0.05) is 0 Å². The largest absolute Gasteiger partial charge is 0.338 e. The summed E-state index contributed by atoms with van der Waals surface area (Å²) in [7, 11) is 0. The predicted molar refractivity (Wildman–Crippen MR) is 70.6 cm³/mol. The summed E-state index contributed by atoms with van der Waals surface area (Å²) in [5.41, 5.74) is 1.43. The molecule has 1 saturated heterocycles. The SMILES string of the molecule is Cc1cnn(CC2CN(C(=O)c3cncc(F)c3)C2)c1. The van der Waals surface area contributed by atoms with E-state index in [-0.39, 0.29) is 5.91 Å². The Kier molecular flexibility index (Phi) is 3.22. The zero-order chi connectivity index (χ0) is 14.1. The van der Waals surface area contributed by atoms with Gasteiger partial charge in [-0.25, -0.2) is 4.39 Å². The molecule has 104 valence electrons. The number of likely N-dealkylation sites (tertiary alicyclic amines) is 1. The van der Waals surface area contributed by atoms with E-state index in [4.69, 9.17) is 0 Å². The number of aromatic nitrogens is 3. The third-order valence-electron chi connectivity index (χ3n) is 3.40. The van der Waals surface area contributed by atoms with Crippen molar-refractivity contribution in [2.24, 2.45) is 5.92 Å². The molecule has 0 aromatic carbocycles. The van der Waals surface area contributed by atoms with Gasteiger partial charge in [-0.15, -0.1) is 0 Å². The van der Waals surface area contributed by atoms with Gasteiger partial charge in [-0.3, -0.25) is 14.5 Å². The van der Waals surface area contributed by atoms with Crippen molar-refractivity contribution < 1.29 is 9.18 Å². The lowest BCUT2D eigenvalue weighted by molar-refractivity contribution is 0.0460. The molecule has 0 spiro atoms. The zero-order valence-corrected chi connectivity index (χ0v) is 11.2. The van der Waals surface area contributed by atoms with Crippen LogP contribution in [0.15, 0.2) is 30.9 Å². The average Bonchev–Trinajstić information content (AvgIpc) is 2.78. The Hall–Kier alpha value is -2.24. The van der Waals surface area contributed by atoms with E-state index >= 15 is 0 Å². The van der Waals surface area contributed by atoms with Gasteiger partial charge in [0.2, 0.25) is 0 Å². The maximum Gasteiger partial charge on any atom is 0.255 e. The highest BCUT2D eigenvalue weighted by Gasteiger charge is 2.31. The summed E-state index contributed by atoms with van der Waals surface area (Å²) in [6, 6.07) is 1.22. The van der Waals surface area contributed by atoms with Gasteiger partial charge >= 0.3 is 0 Å². The molecule has 0 atom stereocenters. The summed E-state index contributed by atoms with van der Waals surface area (Å²) in [5.74, 6) is -0.246. The lowest BCUT2D eigenvalue weighted by Crippen LogP contribution is -2.51. The fraction of sp³-hybridized carbons (Fsp3) is 0.357. The van der Waals surface area contributed by atoms with E-state index in [0.29, 0.717) is 24.6 Å². The molecule has 1 aliphatic heterocycles. The molecular weight excluding hydrogens is 259 g/mol. The van der Waals surface area contributed by atoms with Gasteiger partial charge in [0.15, 0.2) is 0 Å². The molecule has 1 aliphatic rings. The van der Waals surface area contributed by atoms with Crippen LogP contribution in [0.4, 0.5) is 4.39 Å². The number of amides is 1. The minimum absolute atomic E-state index is 0.162. The van der Waals surface area contributed by atoms with Crippen LogP contribution in [0.5, 0.6) is 0 Å². The third-order valence-corrected chi connectivity index (χ3v) is 3.40. The Morgan fingerprint density at radius 3 is 2.85 bits per heavy atom. The van der Waals surface area contributed by atoms with Crippen molar-refractivity contribution in [3.63, 3.8) is 0 Å². The number of carbonyl (C=O) groups excluding carboxylic acids is 1. The zero-order valence-electron chi connectivity index (χ0n) is 11.2. The first-order valence-electron chi connectivity index (χ1n) is 6.50. The van der Waals surface area contributed by atoms with E-state index in [1.165, 1.54) is 12.3 Å². The summed E-state index contributed by atoms with van der Waals surface area (Å²) in [5, 5.41) is 4.23. The van der Waals surface area contributed by atoms with Gasteiger partial charge < -0.3 is 4.90 Å². The van der Waals surface area contributed by atoms with Crippen LogP contribution in [0, 0.1) is 18.7 Å². The second kappa shape index (κ2) is 5.03. The van der Waals surface area contributed by atoms with E-state index in [0.717, 1.165) is 18.3 Å². The van der Waals surface area contributed by atoms with Crippen LogP contribution in [0.25, 0.3) is 0 Å². The summed E-state index contributed by atoms with van der Waals surface area (Å²) >= 11 is 0. The first-order valence-corrected chi connectivity index (χ1v) is 6.50. The lowest BCUT2D eigenvalue weighted by atomic mass is 9.99. The molecule has 0 bridgehead atoms. The Morgan fingerprint density at radius 2 is 2.20 bits per heavy atom. The normalized spacial score (nSPS) is 15.2. The Balaban J connectivity index is 1.56. The van der Waals surface area contributed by atoms with Crippen LogP contribution in [0.3, 0.4) is 0 Å². The molecule has 0 aliphatic carbocycles. The van der Waals surface area contributed by atoms with E-state index < -0.39 is 5.82 Å². The minimum atomic E-state index is -0.486. The van der Waals surface area contributed by atoms with E-state index in [1.807, 2.05) is 24.0 Å². The van der Waals surface area contributed by atoms with Crippen LogP contribution in [0.2, 0.25) is 0 Å². The lowest BCUT2D eigenvalue weighted by Gasteiger charge is -2.39. The van der Waals surface area contributed by atoms with Crippen LogP contribution in [0.1, 0.15) is 15.9 Å². The molecule has 3 rings (SSSR count). The molecule has 6 heteroatoms. The topological polar surface area (TPSA) is 51.0 Å². The van der Waals surface area contributed by atoms with Gasteiger partial charge in [0, 0.05) is 37.9 Å². The molecule has 3 heterocycles. The first-order chi connectivity index (χ1) is 9.61. The highest BCUT2D eigenvalue weighted by atomic mass is 19.1. The highest BCUT2D eigenvalue weighted by Crippen LogP contribution is 2.20. The number of hydrogen-bond acceptors (Lipinski definition) is 3. The number of carbonyl (C=O) groups is 1. The standard InChI is InChI=1S/C14H15FN4O/c1-10-3-17-19(6-10)9-11-7-18(8-11)14(20)12-2-13(15)5-16-4-12/h2-6,11H,7-9H2,1H3. The first kappa shape index (κ1) is 12.8. The molecule has 0 N–H and O–H groups in total. The quantitative estimate of drug-likeness (QED) is 0.852. The van der Waals surface area contributed by atoms with Crippen LogP contribution < -0.4 is 0 Å². The fourth-order valence-electron chi connectivity index (χ4n) is 2.39. The molecule has 1 fully saturated rings. The Labute approximate surface area is 116 Å². The fourth-order valence-corrected chi connectivity index (χ4v) is 2.39. The number of hydrogen-bond donors (Lipinski definition) is 0. The summed E-state index contributed by atoms with van der Waals surface area (Å²) in [4.78, 5) is 17.5. The van der Waals surface area contributed by atoms with Gasteiger partial charge in [0.25, 0.3) is 5.91 Å². The van der Waals surface area contributed by atoms with Crippen LogP contribution >= 0.6 is 0 Å². The van der Waals surface area contributed by atoms with E-state index in [1.54, 1.807) is 4.90 Å². The predicted octanol–water partition coefficient (Wildman–Crippen LogP) is 1.50. The molecule has 5 nitrogen and oxygen atoms in total. The van der Waals surface area contributed by atoms with Crippen LogP contribution in [-0.4, -0.2) is 38.7 Å². The summed E-state index contributed by atoms with van der Waals surface area (Å²) in [6.45, 7) is 4.15. The molecule has 20 heavy (non-hydrogen) atoms. The number of halogens is 1. The minimum Gasteiger partial charge on any atom is -0.338 e.